The minimum atomic E-state index is -0.234. The summed E-state index contributed by atoms with van der Waals surface area (Å²) in [5.41, 5.74) is 4.17. The number of nitrogens with one attached hydrogen (secondary N) is 2. The van der Waals surface area contributed by atoms with Gasteiger partial charge in [0.25, 0.3) is 0 Å². The Hall–Kier alpha value is -2.93. The molecule has 1 saturated heterocycles. The van der Waals surface area contributed by atoms with Crippen molar-refractivity contribution in [3.05, 3.63) is 47.5 Å². The molecule has 0 atom stereocenters. The van der Waals surface area contributed by atoms with Gasteiger partial charge in [-0.2, -0.15) is 5.10 Å². The summed E-state index contributed by atoms with van der Waals surface area (Å²) in [5, 5.41) is 10.2. The number of nitrogens with zero attached hydrogens (tertiary/aromatic N) is 4. The topological polar surface area (TPSA) is 74.5 Å². The maximum atomic E-state index is 12.5. The van der Waals surface area contributed by atoms with Crippen molar-refractivity contribution >= 4 is 18.8 Å². The lowest BCUT2D eigenvalue weighted by atomic mass is 10.0. The third kappa shape index (κ3) is 6.52. The molecule has 31 heavy (non-hydrogen) atoms. The molecular weight excluding hydrogens is 388 g/mol. The number of aryl methyl sites for hydroxylation is 2. The molecule has 1 aliphatic rings. The Morgan fingerprint density at radius 1 is 1.32 bits per heavy atom. The predicted molar refractivity (Wildman–Crippen MR) is 127 cm³/mol. The average molecular weight is 423 g/mol. The zero-order chi connectivity index (χ0) is 22.4. The van der Waals surface area contributed by atoms with Crippen LogP contribution in [0.4, 0.5) is 4.79 Å². The second-order valence-corrected chi connectivity index (χ2v) is 8.73. The number of hydrogen-bond donors (Lipinski definition) is 2. The van der Waals surface area contributed by atoms with Crippen LogP contribution in [-0.4, -0.2) is 53.1 Å². The fourth-order valence-electron chi connectivity index (χ4n) is 3.93. The number of likely N-dealkylation sites (tertiary alicyclic amines) is 1. The maximum Gasteiger partial charge on any atom is 0.320 e. The van der Waals surface area contributed by atoms with Gasteiger partial charge in [0.2, 0.25) is 0 Å². The number of piperidine rings is 1. The smallest absolute Gasteiger partial charge is 0.320 e. The monoisotopic (exact) mass is 422 g/mol. The number of benzene rings is 1. The van der Waals surface area contributed by atoms with E-state index in [1.54, 1.807) is 4.68 Å². The Morgan fingerprint density at radius 3 is 2.68 bits per heavy atom. The molecule has 0 unspecified atom stereocenters. The van der Waals surface area contributed by atoms with Crippen LogP contribution in [-0.2, 0) is 7.05 Å². The molecule has 0 aliphatic carbocycles. The zero-order valence-electron chi connectivity index (χ0n) is 19.1. The minimum Gasteiger partial charge on any atom is -0.335 e. The van der Waals surface area contributed by atoms with Crippen molar-refractivity contribution < 1.29 is 4.79 Å². The van der Waals surface area contributed by atoms with Gasteiger partial charge < -0.3 is 10.2 Å². The van der Waals surface area contributed by atoms with E-state index in [9.17, 15) is 4.79 Å². The number of aromatic nitrogens is 2. The van der Waals surface area contributed by atoms with Gasteiger partial charge in [0.1, 0.15) is 5.82 Å². The summed E-state index contributed by atoms with van der Waals surface area (Å²) in [6, 6.07) is 6.14. The van der Waals surface area contributed by atoms with Crippen molar-refractivity contribution in [2.24, 2.45) is 18.0 Å². The summed E-state index contributed by atoms with van der Waals surface area (Å²) in [5.74, 6) is 1.10. The fraction of sp³-hybridized carbons (Fsp3) is 0.458. The number of urea groups is 1. The summed E-state index contributed by atoms with van der Waals surface area (Å²) in [4.78, 5) is 19.0. The van der Waals surface area contributed by atoms with E-state index in [2.05, 4.69) is 64.4 Å². The second-order valence-electron chi connectivity index (χ2n) is 8.73. The van der Waals surface area contributed by atoms with E-state index in [0.29, 0.717) is 11.7 Å². The van der Waals surface area contributed by atoms with Crippen LogP contribution in [0.1, 0.15) is 37.8 Å². The molecule has 1 fully saturated rings. The molecule has 166 valence electrons. The van der Waals surface area contributed by atoms with Crippen LogP contribution in [0.5, 0.6) is 0 Å². The highest BCUT2D eigenvalue weighted by atomic mass is 16.2. The van der Waals surface area contributed by atoms with Crippen molar-refractivity contribution in [1.82, 2.24) is 25.3 Å². The molecule has 2 aromatic rings. The first kappa shape index (κ1) is 22.7. The van der Waals surface area contributed by atoms with Crippen molar-refractivity contribution in [2.45, 2.75) is 39.7 Å². The molecule has 2 amide bonds. The maximum absolute atomic E-state index is 12.5. The van der Waals surface area contributed by atoms with E-state index in [4.69, 9.17) is 0 Å². The molecule has 2 heterocycles. The van der Waals surface area contributed by atoms with Gasteiger partial charge in [0.05, 0.1) is 6.20 Å². The Labute approximate surface area is 185 Å². The average Bonchev–Trinajstić information content (AvgIpc) is 3.16. The van der Waals surface area contributed by atoms with Gasteiger partial charge in [-0.15, -0.1) is 0 Å². The quantitative estimate of drug-likeness (QED) is 0.666. The fourth-order valence-corrected chi connectivity index (χ4v) is 3.93. The molecule has 1 aliphatic heterocycles. The second kappa shape index (κ2) is 10.4. The molecular formula is C24H34N6O. The van der Waals surface area contributed by atoms with E-state index in [-0.39, 0.29) is 12.1 Å². The normalized spacial score (nSPS) is 15.8. The van der Waals surface area contributed by atoms with E-state index < -0.39 is 0 Å². The van der Waals surface area contributed by atoms with Crippen molar-refractivity contribution in [3.8, 4) is 11.1 Å². The SMILES string of the molecule is C=N/C(=C\c1cc(-c2cnn(C)c2)ccc1C)NC(=O)NC1CCN(CC(C)C)CC1. The highest BCUT2D eigenvalue weighted by Gasteiger charge is 2.21. The lowest BCUT2D eigenvalue weighted by Gasteiger charge is -2.33. The van der Waals surface area contributed by atoms with Gasteiger partial charge in [-0.3, -0.25) is 10.00 Å². The lowest BCUT2D eigenvalue weighted by molar-refractivity contribution is 0.178. The van der Waals surface area contributed by atoms with Gasteiger partial charge >= 0.3 is 6.03 Å². The van der Waals surface area contributed by atoms with Gasteiger partial charge in [0, 0.05) is 44.5 Å². The molecule has 3 rings (SSSR count). The number of rotatable bonds is 7. The van der Waals surface area contributed by atoms with Gasteiger partial charge in [-0.25, -0.2) is 9.79 Å². The number of carbonyl (C=O) groups is 1. The van der Waals surface area contributed by atoms with Crippen molar-refractivity contribution in [1.29, 1.82) is 0 Å². The van der Waals surface area contributed by atoms with Gasteiger partial charge in [-0.05, 0) is 61.2 Å². The predicted octanol–water partition coefficient (Wildman–Crippen LogP) is 3.81. The molecule has 0 spiro atoms. The van der Waals surface area contributed by atoms with Crippen molar-refractivity contribution in [3.63, 3.8) is 0 Å². The standard InChI is InChI=1S/C24H34N6O/c1-17(2)15-30-10-8-22(9-11-30)27-24(31)28-23(25-4)13-20-12-19(7-6-18(20)3)21-14-26-29(5)16-21/h6-7,12-14,16-17,22H,4,8-11,15H2,1-3,5H3,(H2,27,28,31)/b23-13+. The Bertz CT molecular complexity index is 937. The van der Waals surface area contributed by atoms with E-state index >= 15 is 0 Å². The molecule has 0 radical (unpaired) electrons. The van der Waals surface area contributed by atoms with Crippen LogP contribution < -0.4 is 10.6 Å². The Kier molecular flexibility index (Phi) is 7.63. The number of amides is 2. The first-order chi connectivity index (χ1) is 14.8. The van der Waals surface area contributed by atoms with Crippen LogP contribution >= 0.6 is 0 Å². The van der Waals surface area contributed by atoms with Crippen LogP contribution in [0.3, 0.4) is 0 Å². The first-order valence-electron chi connectivity index (χ1n) is 10.9. The highest BCUT2D eigenvalue weighted by Crippen LogP contribution is 2.23. The zero-order valence-corrected chi connectivity index (χ0v) is 19.1. The Morgan fingerprint density at radius 2 is 2.06 bits per heavy atom. The van der Waals surface area contributed by atoms with Crippen LogP contribution in [0.15, 0.2) is 41.4 Å². The number of carbonyl (C=O) groups excluding carboxylic acids is 1. The molecule has 2 N–H and O–H groups in total. The van der Waals surface area contributed by atoms with Crippen LogP contribution in [0.25, 0.3) is 17.2 Å². The molecule has 1 aromatic heterocycles. The molecule has 7 heteroatoms. The third-order valence-corrected chi connectivity index (χ3v) is 5.57. The number of hydrogen-bond acceptors (Lipinski definition) is 4. The van der Waals surface area contributed by atoms with E-state index in [1.807, 2.05) is 32.4 Å². The van der Waals surface area contributed by atoms with Crippen molar-refractivity contribution in [2.75, 3.05) is 19.6 Å². The van der Waals surface area contributed by atoms with Gasteiger partial charge in [0.15, 0.2) is 0 Å². The molecule has 0 saturated carbocycles. The summed E-state index contributed by atoms with van der Waals surface area (Å²) in [6.07, 6.45) is 7.60. The molecule has 1 aromatic carbocycles. The molecule has 0 bridgehead atoms. The Balaban J connectivity index is 1.62. The highest BCUT2D eigenvalue weighted by molar-refractivity contribution is 5.78. The number of aliphatic imine (C=N–C) groups is 1. The largest absolute Gasteiger partial charge is 0.335 e. The lowest BCUT2D eigenvalue weighted by Crippen LogP contribution is -2.48. The third-order valence-electron chi connectivity index (χ3n) is 5.57. The summed E-state index contributed by atoms with van der Waals surface area (Å²) in [7, 11) is 1.90. The summed E-state index contributed by atoms with van der Waals surface area (Å²) >= 11 is 0. The van der Waals surface area contributed by atoms with Crippen LogP contribution in [0.2, 0.25) is 0 Å². The van der Waals surface area contributed by atoms with Gasteiger partial charge in [-0.1, -0.05) is 26.0 Å². The summed E-state index contributed by atoms with van der Waals surface area (Å²) in [6.45, 7) is 13.3. The van der Waals surface area contributed by atoms with E-state index in [0.717, 1.165) is 54.7 Å². The first-order valence-corrected chi connectivity index (χ1v) is 10.9. The summed E-state index contributed by atoms with van der Waals surface area (Å²) < 4.78 is 1.78. The van der Waals surface area contributed by atoms with Crippen LogP contribution in [0, 0.1) is 12.8 Å². The minimum absolute atomic E-state index is 0.185. The molecule has 7 nitrogen and oxygen atoms in total. The van der Waals surface area contributed by atoms with E-state index in [1.165, 1.54) is 0 Å².